The Hall–Kier alpha value is -1.10. The van der Waals surface area contributed by atoms with Crippen molar-refractivity contribution in [2.45, 2.75) is 12.8 Å². The normalized spacial score (nSPS) is 9.73. The number of carbonyl (C=O) groups excluding carboxylic acids is 1. The van der Waals surface area contributed by atoms with E-state index in [0.717, 1.165) is 4.47 Å². The molecule has 0 aliphatic heterocycles. The van der Waals surface area contributed by atoms with E-state index < -0.39 is 0 Å². The Kier molecular flexibility index (Phi) is 5.10. The highest BCUT2D eigenvalue weighted by Crippen LogP contribution is 2.15. The molecular formula is C10H12BrNO3. The number of nitrogens with zero attached hydrogens (tertiary/aromatic N) is 1. The summed E-state index contributed by atoms with van der Waals surface area (Å²) in [6, 6.07) is 1.82. The first-order valence-corrected chi connectivity index (χ1v) is 5.32. The molecule has 1 heterocycles. The molecule has 0 aliphatic rings. The fraction of sp³-hybridized carbons (Fsp3) is 0.400. The van der Waals surface area contributed by atoms with Crippen LogP contribution >= 0.6 is 15.9 Å². The molecule has 0 amide bonds. The maximum Gasteiger partial charge on any atom is 0.305 e. The minimum atomic E-state index is -0.217. The van der Waals surface area contributed by atoms with E-state index in [2.05, 4.69) is 25.7 Å². The molecule has 1 aromatic heterocycles. The topological polar surface area (TPSA) is 48.4 Å². The van der Waals surface area contributed by atoms with Crippen LogP contribution in [0.1, 0.15) is 12.8 Å². The van der Waals surface area contributed by atoms with Gasteiger partial charge in [0.1, 0.15) is 5.75 Å². The number of hydrogen-bond donors (Lipinski definition) is 0. The molecule has 0 atom stereocenters. The number of carbonyl (C=O) groups is 1. The first-order chi connectivity index (χ1) is 7.22. The van der Waals surface area contributed by atoms with Gasteiger partial charge in [0, 0.05) is 17.1 Å². The zero-order valence-electron chi connectivity index (χ0n) is 8.40. The second-order valence-corrected chi connectivity index (χ2v) is 3.78. The standard InChI is InChI=1S/C10H12BrNO3/c1-14-10(13)3-2-4-15-9-5-8(11)6-12-7-9/h5-7H,2-4H2,1H3. The summed E-state index contributed by atoms with van der Waals surface area (Å²) in [4.78, 5) is 14.7. The lowest BCUT2D eigenvalue weighted by Gasteiger charge is -2.04. The van der Waals surface area contributed by atoms with Crippen LogP contribution in [0, 0.1) is 0 Å². The Labute approximate surface area is 96.7 Å². The first kappa shape index (κ1) is 12.0. The lowest BCUT2D eigenvalue weighted by molar-refractivity contribution is -0.140. The number of methoxy groups -OCH3 is 1. The molecule has 0 fully saturated rings. The molecular weight excluding hydrogens is 262 g/mol. The molecule has 4 nitrogen and oxygen atoms in total. The molecule has 0 saturated carbocycles. The van der Waals surface area contributed by atoms with Gasteiger partial charge in [-0.3, -0.25) is 9.78 Å². The second kappa shape index (κ2) is 6.40. The van der Waals surface area contributed by atoms with Crippen LogP contribution in [0.25, 0.3) is 0 Å². The lowest BCUT2D eigenvalue weighted by Crippen LogP contribution is -2.04. The maximum absolute atomic E-state index is 10.8. The van der Waals surface area contributed by atoms with E-state index in [1.165, 1.54) is 7.11 Å². The Balaban J connectivity index is 2.23. The third-order valence-corrected chi connectivity index (χ3v) is 2.14. The van der Waals surface area contributed by atoms with Crippen molar-refractivity contribution in [1.82, 2.24) is 4.98 Å². The quantitative estimate of drug-likeness (QED) is 0.610. The molecule has 0 spiro atoms. The number of rotatable bonds is 5. The number of hydrogen-bond acceptors (Lipinski definition) is 4. The summed E-state index contributed by atoms with van der Waals surface area (Å²) in [5.74, 6) is 0.472. The SMILES string of the molecule is COC(=O)CCCOc1cncc(Br)c1. The van der Waals surface area contributed by atoms with Crippen LogP contribution in [-0.2, 0) is 9.53 Å². The highest BCUT2D eigenvalue weighted by atomic mass is 79.9. The largest absolute Gasteiger partial charge is 0.492 e. The Morgan fingerprint density at radius 3 is 3.00 bits per heavy atom. The van der Waals surface area contributed by atoms with Crippen LogP contribution in [-0.4, -0.2) is 24.7 Å². The zero-order chi connectivity index (χ0) is 11.1. The van der Waals surface area contributed by atoms with Crippen molar-refractivity contribution in [1.29, 1.82) is 0 Å². The van der Waals surface area contributed by atoms with Gasteiger partial charge in [-0.25, -0.2) is 0 Å². The third kappa shape index (κ3) is 4.78. The molecule has 0 N–H and O–H groups in total. The third-order valence-electron chi connectivity index (χ3n) is 1.70. The number of aromatic nitrogens is 1. The average Bonchev–Trinajstić information content (AvgIpc) is 2.24. The first-order valence-electron chi connectivity index (χ1n) is 4.52. The van der Waals surface area contributed by atoms with Gasteiger partial charge in [-0.15, -0.1) is 0 Å². The number of pyridine rings is 1. The minimum absolute atomic E-state index is 0.217. The van der Waals surface area contributed by atoms with Gasteiger partial charge in [0.05, 0.1) is 19.9 Å². The Morgan fingerprint density at radius 1 is 1.53 bits per heavy atom. The van der Waals surface area contributed by atoms with Gasteiger partial charge in [-0.2, -0.15) is 0 Å². The van der Waals surface area contributed by atoms with E-state index in [9.17, 15) is 4.79 Å². The number of halogens is 1. The molecule has 1 aromatic rings. The van der Waals surface area contributed by atoms with Crippen molar-refractivity contribution in [3.05, 3.63) is 22.9 Å². The summed E-state index contributed by atoms with van der Waals surface area (Å²) < 4.78 is 10.8. The predicted molar refractivity (Wildman–Crippen MR) is 58.7 cm³/mol. The van der Waals surface area contributed by atoms with Crippen molar-refractivity contribution >= 4 is 21.9 Å². The lowest BCUT2D eigenvalue weighted by atomic mass is 10.3. The summed E-state index contributed by atoms with van der Waals surface area (Å²) >= 11 is 3.29. The summed E-state index contributed by atoms with van der Waals surface area (Å²) in [6.45, 7) is 0.479. The predicted octanol–water partition coefficient (Wildman–Crippen LogP) is 2.18. The van der Waals surface area contributed by atoms with Crippen LogP contribution in [0.5, 0.6) is 5.75 Å². The van der Waals surface area contributed by atoms with Crippen molar-refractivity contribution in [2.24, 2.45) is 0 Å². The summed E-state index contributed by atoms with van der Waals surface area (Å²) in [6.07, 6.45) is 4.32. The van der Waals surface area contributed by atoms with Crippen LogP contribution in [0.4, 0.5) is 0 Å². The zero-order valence-corrected chi connectivity index (χ0v) is 9.99. The van der Waals surface area contributed by atoms with Crippen LogP contribution < -0.4 is 4.74 Å². The molecule has 0 saturated heterocycles. The summed E-state index contributed by atoms with van der Waals surface area (Å²) in [5, 5.41) is 0. The van der Waals surface area contributed by atoms with E-state index in [0.29, 0.717) is 25.2 Å². The molecule has 0 radical (unpaired) electrons. The minimum Gasteiger partial charge on any atom is -0.492 e. The average molecular weight is 274 g/mol. The van der Waals surface area contributed by atoms with Gasteiger partial charge < -0.3 is 9.47 Å². The van der Waals surface area contributed by atoms with Gasteiger partial charge in [0.25, 0.3) is 0 Å². The van der Waals surface area contributed by atoms with Gasteiger partial charge in [0.2, 0.25) is 0 Å². The van der Waals surface area contributed by atoms with E-state index >= 15 is 0 Å². The molecule has 15 heavy (non-hydrogen) atoms. The fourth-order valence-corrected chi connectivity index (χ4v) is 1.32. The van der Waals surface area contributed by atoms with Crippen LogP contribution in [0.3, 0.4) is 0 Å². The molecule has 0 unspecified atom stereocenters. The molecule has 0 aromatic carbocycles. The van der Waals surface area contributed by atoms with Crippen molar-refractivity contribution in [2.75, 3.05) is 13.7 Å². The highest BCUT2D eigenvalue weighted by molar-refractivity contribution is 9.10. The molecule has 0 aliphatic carbocycles. The highest BCUT2D eigenvalue weighted by Gasteiger charge is 2.00. The second-order valence-electron chi connectivity index (χ2n) is 2.87. The van der Waals surface area contributed by atoms with Crippen LogP contribution in [0.15, 0.2) is 22.9 Å². The molecule has 5 heteroatoms. The molecule has 0 bridgehead atoms. The van der Waals surface area contributed by atoms with E-state index in [-0.39, 0.29) is 5.97 Å². The van der Waals surface area contributed by atoms with Gasteiger partial charge in [-0.05, 0) is 28.4 Å². The van der Waals surface area contributed by atoms with Crippen molar-refractivity contribution < 1.29 is 14.3 Å². The van der Waals surface area contributed by atoms with E-state index in [1.54, 1.807) is 12.4 Å². The summed E-state index contributed by atoms with van der Waals surface area (Å²) in [7, 11) is 1.38. The van der Waals surface area contributed by atoms with Crippen molar-refractivity contribution in [3.8, 4) is 5.75 Å². The molecule has 1 rings (SSSR count). The Morgan fingerprint density at radius 2 is 2.33 bits per heavy atom. The molecule has 82 valence electrons. The van der Waals surface area contributed by atoms with E-state index in [1.807, 2.05) is 6.07 Å². The maximum atomic E-state index is 10.8. The van der Waals surface area contributed by atoms with E-state index in [4.69, 9.17) is 4.74 Å². The number of esters is 1. The van der Waals surface area contributed by atoms with Gasteiger partial charge >= 0.3 is 5.97 Å². The number of ether oxygens (including phenoxy) is 2. The van der Waals surface area contributed by atoms with Crippen molar-refractivity contribution in [3.63, 3.8) is 0 Å². The smallest absolute Gasteiger partial charge is 0.305 e. The fourth-order valence-electron chi connectivity index (χ4n) is 0.980. The summed E-state index contributed by atoms with van der Waals surface area (Å²) in [5.41, 5.74) is 0. The van der Waals surface area contributed by atoms with Gasteiger partial charge in [0.15, 0.2) is 0 Å². The Bertz CT molecular complexity index is 330. The van der Waals surface area contributed by atoms with Crippen LogP contribution in [0.2, 0.25) is 0 Å². The van der Waals surface area contributed by atoms with Gasteiger partial charge in [-0.1, -0.05) is 0 Å². The monoisotopic (exact) mass is 273 g/mol.